The van der Waals surface area contributed by atoms with Gasteiger partial charge in [0.2, 0.25) is 0 Å². The average molecular weight is 418 g/mol. The van der Waals surface area contributed by atoms with Gasteiger partial charge in [0, 0.05) is 5.56 Å². The lowest BCUT2D eigenvalue weighted by Crippen LogP contribution is -2.50. The molecule has 1 saturated carbocycles. The van der Waals surface area contributed by atoms with Crippen LogP contribution in [0.25, 0.3) is 0 Å². The predicted molar refractivity (Wildman–Crippen MR) is 111 cm³/mol. The van der Waals surface area contributed by atoms with E-state index in [4.69, 9.17) is 4.74 Å². The highest BCUT2D eigenvalue weighted by molar-refractivity contribution is 7.98. The molecule has 1 atom stereocenters. The van der Waals surface area contributed by atoms with Crippen molar-refractivity contribution >= 4 is 29.5 Å². The molecule has 0 unspecified atom stereocenters. The summed E-state index contributed by atoms with van der Waals surface area (Å²) in [7, 11) is 0. The number of nitriles is 1. The van der Waals surface area contributed by atoms with Crippen LogP contribution in [-0.2, 0) is 14.3 Å². The van der Waals surface area contributed by atoms with Gasteiger partial charge in [0.25, 0.3) is 11.8 Å². The van der Waals surface area contributed by atoms with E-state index in [1.807, 2.05) is 6.26 Å². The van der Waals surface area contributed by atoms with E-state index in [-0.39, 0.29) is 5.91 Å². The molecule has 1 aromatic rings. The number of nitrogens with zero attached hydrogens (tertiary/aromatic N) is 1. The van der Waals surface area contributed by atoms with Crippen LogP contribution >= 0.6 is 11.8 Å². The van der Waals surface area contributed by atoms with E-state index in [1.165, 1.54) is 0 Å². The van der Waals surface area contributed by atoms with Crippen molar-refractivity contribution in [2.75, 3.05) is 18.6 Å². The number of carbonyl (C=O) groups is 3. The maximum Gasteiger partial charge on any atom is 0.329 e. The van der Waals surface area contributed by atoms with Gasteiger partial charge in [-0.3, -0.25) is 9.59 Å². The van der Waals surface area contributed by atoms with Gasteiger partial charge < -0.3 is 15.4 Å². The summed E-state index contributed by atoms with van der Waals surface area (Å²) in [5.74, 6) is -0.879. The van der Waals surface area contributed by atoms with Crippen LogP contribution in [0.3, 0.4) is 0 Å². The van der Waals surface area contributed by atoms with Gasteiger partial charge in [-0.1, -0.05) is 37.5 Å². The Bertz CT molecular complexity index is 742. The maximum absolute atomic E-state index is 12.5. The Kier molecular flexibility index (Phi) is 9.00. The molecule has 0 heterocycles. The van der Waals surface area contributed by atoms with Gasteiger partial charge in [-0.05, 0) is 43.4 Å². The monoisotopic (exact) mass is 417 g/mol. The molecule has 156 valence electrons. The second-order valence-corrected chi connectivity index (χ2v) is 8.07. The van der Waals surface area contributed by atoms with E-state index in [1.54, 1.807) is 42.1 Å². The van der Waals surface area contributed by atoms with Crippen molar-refractivity contribution in [1.29, 1.82) is 5.26 Å². The molecule has 0 bridgehead atoms. The highest BCUT2D eigenvalue weighted by Gasteiger charge is 2.34. The average Bonchev–Trinajstić information content (AvgIpc) is 2.76. The van der Waals surface area contributed by atoms with E-state index in [2.05, 4.69) is 16.7 Å². The normalized spacial score (nSPS) is 16.1. The summed E-state index contributed by atoms with van der Waals surface area (Å²) in [5, 5.41) is 14.8. The summed E-state index contributed by atoms with van der Waals surface area (Å²) in [6, 6.07) is 9.95. The number of carbonyl (C=O) groups excluding carboxylic acids is 3. The zero-order valence-corrected chi connectivity index (χ0v) is 17.4. The fourth-order valence-electron chi connectivity index (χ4n) is 3.28. The fourth-order valence-corrected chi connectivity index (χ4v) is 3.75. The number of nitrogens with one attached hydrogen (secondary N) is 2. The highest BCUT2D eigenvalue weighted by Crippen LogP contribution is 2.27. The SMILES string of the molecule is CSCC[C@H](NC(=O)c1ccccc1)C(=O)OCC(=O)NC1(C#N)CCCCC1. The summed E-state index contributed by atoms with van der Waals surface area (Å²) >= 11 is 1.55. The number of thioether (sulfide) groups is 1. The summed E-state index contributed by atoms with van der Waals surface area (Å²) in [6.07, 6.45) is 6.32. The van der Waals surface area contributed by atoms with Crippen molar-refractivity contribution in [2.24, 2.45) is 0 Å². The topological polar surface area (TPSA) is 108 Å². The molecular weight excluding hydrogens is 390 g/mol. The maximum atomic E-state index is 12.5. The van der Waals surface area contributed by atoms with Crippen LogP contribution in [0.4, 0.5) is 0 Å². The molecule has 2 rings (SSSR count). The van der Waals surface area contributed by atoms with E-state index < -0.39 is 30.1 Å². The molecule has 8 heteroatoms. The molecule has 0 radical (unpaired) electrons. The zero-order chi connectivity index (χ0) is 21.1. The quantitative estimate of drug-likeness (QED) is 0.598. The van der Waals surface area contributed by atoms with Crippen LogP contribution in [0, 0.1) is 11.3 Å². The largest absolute Gasteiger partial charge is 0.454 e. The smallest absolute Gasteiger partial charge is 0.329 e. The minimum atomic E-state index is -0.873. The van der Waals surface area contributed by atoms with Crippen molar-refractivity contribution < 1.29 is 19.1 Å². The Morgan fingerprint density at radius 2 is 1.90 bits per heavy atom. The Morgan fingerprint density at radius 1 is 1.21 bits per heavy atom. The van der Waals surface area contributed by atoms with Gasteiger partial charge in [0.15, 0.2) is 6.61 Å². The lowest BCUT2D eigenvalue weighted by atomic mass is 9.83. The number of rotatable bonds is 9. The van der Waals surface area contributed by atoms with Gasteiger partial charge in [-0.2, -0.15) is 17.0 Å². The zero-order valence-electron chi connectivity index (χ0n) is 16.6. The highest BCUT2D eigenvalue weighted by atomic mass is 32.2. The lowest BCUT2D eigenvalue weighted by molar-refractivity contribution is -0.150. The van der Waals surface area contributed by atoms with E-state index in [0.717, 1.165) is 19.3 Å². The molecule has 29 heavy (non-hydrogen) atoms. The van der Waals surface area contributed by atoms with Gasteiger partial charge >= 0.3 is 5.97 Å². The Balaban J connectivity index is 1.90. The third kappa shape index (κ3) is 7.09. The van der Waals surface area contributed by atoms with Crippen LogP contribution in [0.2, 0.25) is 0 Å². The molecule has 0 aliphatic heterocycles. The van der Waals surface area contributed by atoms with Gasteiger partial charge in [0.1, 0.15) is 11.6 Å². The Labute approximate surface area is 175 Å². The standard InChI is InChI=1S/C21H27N3O4S/c1-29-13-10-17(23-19(26)16-8-4-2-5-9-16)20(27)28-14-18(25)24-21(15-22)11-6-3-7-12-21/h2,4-5,8-9,17H,3,6-7,10-14H2,1H3,(H,23,26)(H,24,25)/t17-/m0/s1. The number of hydrogen-bond acceptors (Lipinski definition) is 6. The van der Waals surface area contributed by atoms with Crippen molar-refractivity contribution in [3.8, 4) is 6.07 Å². The minimum absolute atomic E-state index is 0.372. The number of amides is 2. The van der Waals surface area contributed by atoms with Crippen molar-refractivity contribution in [2.45, 2.75) is 50.1 Å². The Morgan fingerprint density at radius 3 is 2.52 bits per heavy atom. The molecule has 7 nitrogen and oxygen atoms in total. The molecule has 0 aromatic heterocycles. The predicted octanol–water partition coefficient (Wildman–Crippen LogP) is 2.42. The minimum Gasteiger partial charge on any atom is -0.454 e. The van der Waals surface area contributed by atoms with Crippen LogP contribution in [0.15, 0.2) is 30.3 Å². The molecule has 0 spiro atoms. The van der Waals surface area contributed by atoms with E-state index >= 15 is 0 Å². The van der Waals surface area contributed by atoms with Crippen LogP contribution < -0.4 is 10.6 Å². The number of esters is 1. The Hall–Kier alpha value is -2.53. The molecule has 2 amide bonds. The lowest BCUT2D eigenvalue weighted by Gasteiger charge is -2.31. The van der Waals surface area contributed by atoms with Crippen LogP contribution in [-0.4, -0.2) is 48.0 Å². The van der Waals surface area contributed by atoms with Crippen molar-refractivity contribution in [3.63, 3.8) is 0 Å². The molecule has 1 fully saturated rings. The third-order valence-electron chi connectivity index (χ3n) is 4.88. The third-order valence-corrected chi connectivity index (χ3v) is 5.53. The second kappa shape index (κ2) is 11.5. The summed E-state index contributed by atoms with van der Waals surface area (Å²) in [5.41, 5.74) is -0.429. The number of hydrogen-bond donors (Lipinski definition) is 2. The van der Waals surface area contributed by atoms with Crippen LogP contribution in [0.1, 0.15) is 48.9 Å². The first-order valence-electron chi connectivity index (χ1n) is 9.73. The van der Waals surface area contributed by atoms with Crippen molar-refractivity contribution in [3.05, 3.63) is 35.9 Å². The summed E-state index contributed by atoms with van der Waals surface area (Å²) in [6.45, 7) is -0.473. The molecule has 0 saturated heterocycles. The van der Waals surface area contributed by atoms with Gasteiger partial charge in [0.05, 0.1) is 6.07 Å². The van der Waals surface area contributed by atoms with Crippen LogP contribution in [0.5, 0.6) is 0 Å². The first-order chi connectivity index (χ1) is 14.0. The molecule has 1 aliphatic rings. The fraction of sp³-hybridized carbons (Fsp3) is 0.524. The summed E-state index contributed by atoms with van der Waals surface area (Å²) < 4.78 is 5.15. The number of benzene rings is 1. The molecular formula is C21H27N3O4S. The van der Waals surface area contributed by atoms with E-state index in [9.17, 15) is 19.6 Å². The molecule has 2 N–H and O–H groups in total. The van der Waals surface area contributed by atoms with Crippen molar-refractivity contribution in [1.82, 2.24) is 10.6 Å². The van der Waals surface area contributed by atoms with Gasteiger partial charge in [-0.15, -0.1) is 0 Å². The number of ether oxygens (including phenoxy) is 1. The molecule has 1 aromatic carbocycles. The van der Waals surface area contributed by atoms with E-state index in [0.29, 0.717) is 30.6 Å². The molecule has 1 aliphatic carbocycles. The second-order valence-electron chi connectivity index (χ2n) is 7.08. The first-order valence-corrected chi connectivity index (χ1v) is 11.1. The summed E-state index contributed by atoms with van der Waals surface area (Å²) in [4.78, 5) is 37.1. The van der Waals surface area contributed by atoms with Gasteiger partial charge in [-0.25, -0.2) is 4.79 Å². The first kappa shape index (κ1) is 22.8.